The van der Waals surface area contributed by atoms with Gasteiger partial charge in [-0.1, -0.05) is 44.2 Å². The van der Waals surface area contributed by atoms with Gasteiger partial charge in [0.05, 0.1) is 17.1 Å². The molecule has 0 bridgehead atoms. The quantitative estimate of drug-likeness (QED) is 0.325. The first-order valence-corrected chi connectivity index (χ1v) is 10.5. The van der Waals surface area contributed by atoms with Crippen molar-refractivity contribution in [1.82, 2.24) is 0 Å². The first-order chi connectivity index (χ1) is 15.0. The third kappa shape index (κ3) is 4.26. The van der Waals surface area contributed by atoms with Gasteiger partial charge in [0.1, 0.15) is 22.6 Å². The van der Waals surface area contributed by atoms with Crippen LogP contribution >= 0.6 is 0 Å². The minimum Gasteiger partial charge on any atom is -0.507 e. The van der Waals surface area contributed by atoms with Crippen molar-refractivity contribution in [2.75, 3.05) is 0 Å². The molecule has 2 aromatic carbocycles. The summed E-state index contributed by atoms with van der Waals surface area (Å²) in [4.78, 5) is 25.5. The number of carbonyl (C=O) groups is 1. The van der Waals surface area contributed by atoms with Crippen LogP contribution in [-0.2, 0) is 6.42 Å². The van der Waals surface area contributed by atoms with Crippen LogP contribution in [0.25, 0.3) is 22.1 Å². The summed E-state index contributed by atoms with van der Waals surface area (Å²) >= 11 is 0. The Balaban J connectivity index is 2.47. The number of fused-ring (bicyclic) bond motifs is 1. The average molecular weight is 440 g/mol. The SMILES string of the molecule is CC[C@@H](C)C(=O)c1c(O)c(C[C@H](O)C(C)(C)O)c2oc(=O)cc(-c3ccccc3)c2c1O. The topological polar surface area (TPSA) is 128 Å². The van der Waals surface area contributed by atoms with E-state index in [2.05, 4.69) is 0 Å². The molecule has 1 aromatic heterocycles. The van der Waals surface area contributed by atoms with Crippen molar-refractivity contribution in [2.45, 2.75) is 52.2 Å². The summed E-state index contributed by atoms with van der Waals surface area (Å²) < 4.78 is 5.37. The fourth-order valence-electron chi connectivity index (χ4n) is 3.58. The number of Topliss-reactive ketones (excluding diaryl/α,β-unsaturated/α-hetero) is 1. The normalized spacial score (nSPS) is 13.8. The van der Waals surface area contributed by atoms with Gasteiger partial charge in [-0.15, -0.1) is 0 Å². The second-order valence-corrected chi connectivity index (χ2v) is 8.65. The van der Waals surface area contributed by atoms with E-state index in [-0.39, 0.29) is 28.5 Å². The summed E-state index contributed by atoms with van der Waals surface area (Å²) in [5.41, 5.74) is -1.81. The molecule has 170 valence electrons. The van der Waals surface area contributed by atoms with E-state index in [1.165, 1.54) is 19.9 Å². The number of aliphatic hydroxyl groups is 2. The molecule has 0 saturated heterocycles. The molecular weight excluding hydrogens is 412 g/mol. The van der Waals surface area contributed by atoms with Crippen LogP contribution < -0.4 is 5.63 Å². The molecule has 0 spiro atoms. The molecule has 0 aliphatic heterocycles. The molecule has 0 unspecified atom stereocenters. The first-order valence-electron chi connectivity index (χ1n) is 10.5. The summed E-state index contributed by atoms with van der Waals surface area (Å²) in [5, 5.41) is 43.0. The lowest BCUT2D eigenvalue weighted by atomic mass is 9.87. The number of phenolic OH excluding ortho intramolecular Hbond substituents is 2. The van der Waals surface area contributed by atoms with Crippen LogP contribution in [0.3, 0.4) is 0 Å². The van der Waals surface area contributed by atoms with Crippen molar-refractivity contribution in [3.8, 4) is 22.6 Å². The molecule has 32 heavy (non-hydrogen) atoms. The lowest BCUT2D eigenvalue weighted by Crippen LogP contribution is -2.37. The van der Waals surface area contributed by atoms with Crippen molar-refractivity contribution >= 4 is 16.8 Å². The largest absolute Gasteiger partial charge is 0.507 e. The number of aliphatic hydroxyl groups excluding tert-OH is 1. The molecule has 0 aliphatic carbocycles. The third-order valence-electron chi connectivity index (χ3n) is 5.84. The summed E-state index contributed by atoms with van der Waals surface area (Å²) in [6.45, 7) is 6.29. The predicted octanol–water partition coefficient (Wildman–Crippen LogP) is 3.77. The van der Waals surface area contributed by atoms with Gasteiger partial charge in [-0.3, -0.25) is 4.79 Å². The second-order valence-electron chi connectivity index (χ2n) is 8.65. The van der Waals surface area contributed by atoms with Gasteiger partial charge in [0, 0.05) is 29.5 Å². The van der Waals surface area contributed by atoms with Crippen molar-refractivity contribution in [3.05, 3.63) is 57.9 Å². The minimum atomic E-state index is -1.53. The Morgan fingerprint density at radius 3 is 2.31 bits per heavy atom. The zero-order valence-electron chi connectivity index (χ0n) is 18.5. The number of hydrogen-bond donors (Lipinski definition) is 4. The summed E-state index contributed by atoms with van der Waals surface area (Å²) in [6, 6.07) is 10.0. The number of rotatable bonds is 7. The Morgan fingerprint density at radius 2 is 1.75 bits per heavy atom. The molecule has 1 heterocycles. The Kier molecular flexibility index (Phi) is 6.44. The van der Waals surface area contributed by atoms with Crippen LogP contribution in [0.5, 0.6) is 11.5 Å². The maximum absolute atomic E-state index is 13.1. The predicted molar refractivity (Wildman–Crippen MR) is 121 cm³/mol. The van der Waals surface area contributed by atoms with Crippen LogP contribution in [0.15, 0.2) is 45.6 Å². The third-order valence-corrected chi connectivity index (χ3v) is 5.84. The lowest BCUT2D eigenvalue weighted by Gasteiger charge is -2.26. The fourth-order valence-corrected chi connectivity index (χ4v) is 3.58. The molecule has 0 fully saturated rings. The number of phenols is 2. The van der Waals surface area contributed by atoms with E-state index in [1.54, 1.807) is 37.3 Å². The Morgan fingerprint density at radius 1 is 1.12 bits per heavy atom. The van der Waals surface area contributed by atoms with Crippen molar-refractivity contribution < 1.29 is 29.6 Å². The fraction of sp³-hybridized carbons (Fsp3) is 0.360. The average Bonchev–Trinajstić information content (AvgIpc) is 2.75. The van der Waals surface area contributed by atoms with E-state index in [0.717, 1.165) is 0 Å². The first kappa shape index (κ1) is 23.5. The molecule has 7 heteroatoms. The number of aromatic hydroxyl groups is 2. The maximum Gasteiger partial charge on any atom is 0.336 e. The van der Waals surface area contributed by atoms with Crippen LogP contribution in [-0.4, -0.2) is 37.9 Å². The van der Waals surface area contributed by atoms with E-state index in [1.807, 2.05) is 6.92 Å². The maximum atomic E-state index is 13.1. The zero-order valence-corrected chi connectivity index (χ0v) is 18.5. The summed E-state index contributed by atoms with van der Waals surface area (Å²) in [5.74, 6) is -2.04. The van der Waals surface area contributed by atoms with Gasteiger partial charge in [-0.05, 0) is 25.8 Å². The Labute approximate surface area is 185 Å². The number of ketones is 1. The smallest absolute Gasteiger partial charge is 0.336 e. The molecule has 0 radical (unpaired) electrons. The molecule has 3 rings (SSSR count). The van der Waals surface area contributed by atoms with E-state index < -0.39 is 40.5 Å². The monoisotopic (exact) mass is 440 g/mol. The van der Waals surface area contributed by atoms with Crippen LogP contribution in [0.4, 0.5) is 0 Å². The summed E-state index contributed by atoms with van der Waals surface area (Å²) in [6.07, 6.45) is -1.18. The van der Waals surface area contributed by atoms with Crippen molar-refractivity contribution in [2.24, 2.45) is 5.92 Å². The van der Waals surface area contributed by atoms with Gasteiger partial charge in [-0.2, -0.15) is 0 Å². The number of carbonyl (C=O) groups excluding carboxylic acids is 1. The van der Waals surface area contributed by atoms with Crippen LogP contribution in [0.1, 0.15) is 50.0 Å². The molecule has 0 aliphatic rings. The van der Waals surface area contributed by atoms with Crippen molar-refractivity contribution in [1.29, 1.82) is 0 Å². The molecule has 7 nitrogen and oxygen atoms in total. The Hall–Kier alpha value is -3.16. The van der Waals surface area contributed by atoms with Gasteiger partial charge in [-0.25, -0.2) is 4.79 Å². The number of hydrogen-bond acceptors (Lipinski definition) is 7. The van der Waals surface area contributed by atoms with E-state index >= 15 is 0 Å². The minimum absolute atomic E-state index is 0.0334. The lowest BCUT2D eigenvalue weighted by molar-refractivity contribution is -0.0470. The molecule has 0 saturated carbocycles. The second kappa shape index (κ2) is 8.76. The van der Waals surface area contributed by atoms with Crippen LogP contribution in [0.2, 0.25) is 0 Å². The van der Waals surface area contributed by atoms with Gasteiger partial charge < -0.3 is 24.8 Å². The molecular formula is C25H28O7. The molecule has 4 N–H and O–H groups in total. The molecule has 2 atom stereocenters. The van der Waals surface area contributed by atoms with E-state index in [0.29, 0.717) is 17.5 Å². The Bertz CT molecular complexity index is 1200. The number of benzene rings is 2. The zero-order chi connectivity index (χ0) is 23.8. The van der Waals surface area contributed by atoms with Gasteiger partial charge in [0.25, 0.3) is 0 Å². The highest BCUT2D eigenvalue weighted by Gasteiger charge is 2.33. The molecule has 3 aromatic rings. The highest BCUT2D eigenvalue weighted by Crippen LogP contribution is 2.45. The van der Waals surface area contributed by atoms with Gasteiger partial charge >= 0.3 is 5.63 Å². The van der Waals surface area contributed by atoms with E-state index in [4.69, 9.17) is 4.42 Å². The standard InChI is InChI=1S/C25H28O7/c1-5-13(2)21(28)20-22(29)16(11-17(26)25(3,4)31)24-19(23(20)30)15(12-18(27)32-24)14-9-7-6-8-10-14/h6-10,12-13,17,26,29-31H,5,11H2,1-4H3/t13-,17+/m1/s1. The van der Waals surface area contributed by atoms with Gasteiger partial charge in [0.15, 0.2) is 5.78 Å². The molecule has 0 amide bonds. The van der Waals surface area contributed by atoms with E-state index in [9.17, 15) is 30.0 Å². The van der Waals surface area contributed by atoms with Gasteiger partial charge in [0.2, 0.25) is 0 Å². The van der Waals surface area contributed by atoms with Crippen LogP contribution in [0, 0.1) is 5.92 Å². The van der Waals surface area contributed by atoms with Crippen molar-refractivity contribution in [3.63, 3.8) is 0 Å². The summed E-state index contributed by atoms with van der Waals surface area (Å²) in [7, 11) is 0. The highest BCUT2D eigenvalue weighted by atomic mass is 16.4. The highest BCUT2D eigenvalue weighted by molar-refractivity contribution is 6.11.